The predicted octanol–water partition coefficient (Wildman–Crippen LogP) is 1.94. The van der Waals surface area contributed by atoms with Crippen LogP contribution in [0.5, 0.6) is 0 Å². The van der Waals surface area contributed by atoms with Crippen LogP contribution in [0.1, 0.15) is 27.7 Å². The van der Waals surface area contributed by atoms with Gasteiger partial charge in [-0.25, -0.2) is 17.8 Å². The number of nitrogens with one attached hydrogen (secondary N) is 1. The standard InChI is InChI=1S/C12H17N3O3S/c1-8(12(2,3)4)15-19(16,17)10-7-5-6-9-11(10)14-18-13-9/h5-8,15H,1-4H3/t8-/m0/s1. The van der Waals surface area contributed by atoms with Crippen molar-refractivity contribution < 1.29 is 13.0 Å². The highest BCUT2D eigenvalue weighted by Gasteiger charge is 2.27. The zero-order valence-corrected chi connectivity index (χ0v) is 12.2. The Bertz CT molecular complexity index is 686. The third kappa shape index (κ3) is 2.76. The third-order valence-corrected chi connectivity index (χ3v) is 4.74. The Morgan fingerprint density at radius 3 is 2.58 bits per heavy atom. The van der Waals surface area contributed by atoms with Gasteiger partial charge in [0.15, 0.2) is 5.52 Å². The molecule has 0 fully saturated rings. The highest BCUT2D eigenvalue weighted by atomic mass is 32.2. The molecule has 6 nitrogen and oxygen atoms in total. The van der Waals surface area contributed by atoms with Crippen LogP contribution in [0.3, 0.4) is 0 Å². The lowest BCUT2D eigenvalue weighted by molar-refractivity contribution is 0.314. The number of hydrogen-bond donors (Lipinski definition) is 1. The van der Waals surface area contributed by atoms with Crippen LogP contribution in [0, 0.1) is 5.41 Å². The van der Waals surface area contributed by atoms with Gasteiger partial charge in [0.05, 0.1) is 0 Å². The van der Waals surface area contributed by atoms with E-state index in [0.717, 1.165) is 0 Å². The van der Waals surface area contributed by atoms with Crippen molar-refractivity contribution in [2.24, 2.45) is 5.41 Å². The molecule has 0 aliphatic rings. The molecule has 19 heavy (non-hydrogen) atoms. The third-order valence-electron chi connectivity index (χ3n) is 3.17. The van der Waals surface area contributed by atoms with Crippen molar-refractivity contribution >= 4 is 21.1 Å². The molecule has 1 atom stereocenters. The number of hydrogen-bond acceptors (Lipinski definition) is 5. The molecule has 0 saturated carbocycles. The molecule has 0 aliphatic carbocycles. The smallest absolute Gasteiger partial charge is 0.243 e. The first-order valence-electron chi connectivity index (χ1n) is 5.95. The minimum atomic E-state index is -3.65. The van der Waals surface area contributed by atoms with Crippen molar-refractivity contribution in [1.29, 1.82) is 0 Å². The molecule has 1 N–H and O–H groups in total. The Morgan fingerprint density at radius 2 is 1.95 bits per heavy atom. The second-order valence-electron chi connectivity index (χ2n) is 5.60. The Hall–Kier alpha value is -1.47. The van der Waals surface area contributed by atoms with Gasteiger partial charge in [-0.05, 0) is 34.8 Å². The average molecular weight is 283 g/mol. The maximum atomic E-state index is 12.4. The molecule has 1 heterocycles. The largest absolute Gasteiger partial charge is 0.243 e. The van der Waals surface area contributed by atoms with Crippen molar-refractivity contribution in [1.82, 2.24) is 15.0 Å². The monoisotopic (exact) mass is 283 g/mol. The molecule has 7 heteroatoms. The molecule has 1 aromatic carbocycles. The second-order valence-corrected chi connectivity index (χ2v) is 7.28. The summed E-state index contributed by atoms with van der Waals surface area (Å²) in [4.78, 5) is 0.0855. The van der Waals surface area contributed by atoms with E-state index >= 15 is 0 Å². The lowest BCUT2D eigenvalue weighted by atomic mass is 9.89. The van der Waals surface area contributed by atoms with E-state index in [1.54, 1.807) is 12.1 Å². The zero-order valence-electron chi connectivity index (χ0n) is 11.3. The average Bonchev–Trinajstić information content (AvgIpc) is 2.74. The van der Waals surface area contributed by atoms with E-state index < -0.39 is 10.0 Å². The van der Waals surface area contributed by atoms with Crippen LogP contribution in [0.2, 0.25) is 0 Å². The molecule has 2 rings (SSSR count). The van der Waals surface area contributed by atoms with Crippen molar-refractivity contribution in [3.8, 4) is 0 Å². The molecule has 0 amide bonds. The molecule has 0 aliphatic heterocycles. The number of fused-ring (bicyclic) bond motifs is 1. The summed E-state index contributed by atoms with van der Waals surface area (Å²) in [6.45, 7) is 7.74. The van der Waals surface area contributed by atoms with E-state index in [9.17, 15) is 8.42 Å². The maximum Gasteiger partial charge on any atom is 0.243 e. The fourth-order valence-corrected chi connectivity index (χ4v) is 3.07. The molecule has 0 radical (unpaired) electrons. The summed E-state index contributed by atoms with van der Waals surface area (Å²) >= 11 is 0. The quantitative estimate of drug-likeness (QED) is 0.930. The summed E-state index contributed by atoms with van der Waals surface area (Å²) in [7, 11) is -3.65. The van der Waals surface area contributed by atoms with Crippen LogP contribution in [0.25, 0.3) is 11.0 Å². The van der Waals surface area contributed by atoms with Crippen molar-refractivity contribution in [3.05, 3.63) is 18.2 Å². The summed E-state index contributed by atoms with van der Waals surface area (Å²) in [5.74, 6) is 0. The molecule has 0 saturated heterocycles. The lowest BCUT2D eigenvalue weighted by Crippen LogP contribution is -2.41. The minimum Gasteiger partial charge on any atom is -0.243 e. The zero-order chi connectivity index (χ0) is 14.3. The number of aromatic nitrogens is 2. The SMILES string of the molecule is C[C@H](NS(=O)(=O)c1cccc2nonc12)C(C)(C)C. The summed E-state index contributed by atoms with van der Waals surface area (Å²) < 4.78 is 32.0. The van der Waals surface area contributed by atoms with Crippen molar-refractivity contribution in [2.45, 2.75) is 38.6 Å². The van der Waals surface area contributed by atoms with Crippen molar-refractivity contribution in [2.75, 3.05) is 0 Å². The highest BCUT2D eigenvalue weighted by Crippen LogP contribution is 2.23. The first kappa shape index (κ1) is 14.0. The van der Waals surface area contributed by atoms with E-state index in [0.29, 0.717) is 5.52 Å². The van der Waals surface area contributed by atoms with E-state index in [-0.39, 0.29) is 21.9 Å². The first-order valence-corrected chi connectivity index (χ1v) is 7.44. The molecular formula is C12H17N3O3S. The van der Waals surface area contributed by atoms with Gasteiger partial charge in [-0.3, -0.25) is 0 Å². The van der Waals surface area contributed by atoms with Crippen LogP contribution in [-0.2, 0) is 10.0 Å². The Balaban J connectivity index is 2.43. The van der Waals surface area contributed by atoms with Crippen LogP contribution in [-0.4, -0.2) is 24.8 Å². The number of rotatable bonds is 3. The molecular weight excluding hydrogens is 266 g/mol. The minimum absolute atomic E-state index is 0.0855. The number of sulfonamides is 1. The van der Waals surface area contributed by atoms with Crippen LogP contribution in [0.15, 0.2) is 27.7 Å². The summed E-state index contributed by atoms with van der Waals surface area (Å²) in [6.07, 6.45) is 0. The van der Waals surface area contributed by atoms with Gasteiger partial charge in [-0.1, -0.05) is 26.8 Å². The van der Waals surface area contributed by atoms with E-state index in [1.807, 2.05) is 27.7 Å². The highest BCUT2D eigenvalue weighted by molar-refractivity contribution is 7.89. The fraction of sp³-hybridized carbons (Fsp3) is 0.500. The van der Waals surface area contributed by atoms with E-state index in [2.05, 4.69) is 19.7 Å². The molecule has 2 aromatic rings. The fourth-order valence-electron chi connectivity index (χ4n) is 1.47. The van der Waals surface area contributed by atoms with Gasteiger partial charge < -0.3 is 0 Å². The first-order chi connectivity index (χ1) is 8.72. The molecule has 0 spiro atoms. The molecule has 104 valence electrons. The van der Waals surface area contributed by atoms with Crippen LogP contribution >= 0.6 is 0 Å². The summed E-state index contributed by atoms with van der Waals surface area (Å²) in [6, 6.07) is 4.54. The Labute approximate surface area is 112 Å². The lowest BCUT2D eigenvalue weighted by Gasteiger charge is -2.27. The molecule has 1 aromatic heterocycles. The maximum absolute atomic E-state index is 12.4. The van der Waals surface area contributed by atoms with Gasteiger partial charge in [-0.15, -0.1) is 0 Å². The van der Waals surface area contributed by atoms with Gasteiger partial charge in [0.25, 0.3) is 0 Å². The van der Waals surface area contributed by atoms with E-state index in [1.165, 1.54) is 6.07 Å². The second kappa shape index (κ2) is 4.57. The number of nitrogens with zero attached hydrogens (tertiary/aromatic N) is 2. The Morgan fingerprint density at radius 1 is 1.26 bits per heavy atom. The predicted molar refractivity (Wildman–Crippen MR) is 71.0 cm³/mol. The van der Waals surface area contributed by atoms with Gasteiger partial charge >= 0.3 is 0 Å². The Kier molecular flexibility index (Phi) is 3.36. The summed E-state index contributed by atoms with van der Waals surface area (Å²) in [5, 5.41) is 7.29. The topological polar surface area (TPSA) is 85.1 Å². The van der Waals surface area contributed by atoms with Crippen LogP contribution < -0.4 is 4.72 Å². The van der Waals surface area contributed by atoms with Gasteiger partial charge in [0, 0.05) is 6.04 Å². The number of benzene rings is 1. The summed E-state index contributed by atoms with van der Waals surface area (Å²) in [5.41, 5.74) is 0.491. The van der Waals surface area contributed by atoms with Gasteiger partial charge in [0.1, 0.15) is 10.4 Å². The van der Waals surface area contributed by atoms with Crippen molar-refractivity contribution in [3.63, 3.8) is 0 Å². The van der Waals surface area contributed by atoms with E-state index in [4.69, 9.17) is 0 Å². The normalized spacial score (nSPS) is 14.7. The molecule has 0 unspecified atom stereocenters. The van der Waals surface area contributed by atoms with Crippen LogP contribution in [0.4, 0.5) is 0 Å². The van der Waals surface area contributed by atoms with Gasteiger partial charge in [-0.2, -0.15) is 0 Å². The molecule has 0 bridgehead atoms. The van der Waals surface area contributed by atoms with Gasteiger partial charge in [0.2, 0.25) is 10.0 Å².